The largest absolute Gasteiger partial charge is 0.456 e. The number of hydrogen-bond acceptors (Lipinski definition) is 7. The number of cyclic esters (lactones) is 1. The van der Waals surface area contributed by atoms with Crippen molar-refractivity contribution in [2.24, 2.45) is 0 Å². The van der Waals surface area contributed by atoms with Crippen LogP contribution in [0.2, 0.25) is 0 Å². The smallest absolute Gasteiger partial charge is 0.411 e. The first kappa shape index (κ1) is 19.4. The standard InChI is InChI=1S/C20H19NO7S/c1-13-7-9-15(10-8-13)29(24,25)27-12-16-17-18(19(22)28-16)21(17)20(23)26-11-14-5-3-2-4-6-14/h2-10,16-18H,11-12H2,1H3/t16-,17-,18-,21?/m1/s1. The minimum Gasteiger partial charge on any atom is -0.456 e. The molecule has 9 heteroatoms. The highest BCUT2D eigenvalue weighted by molar-refractivity contribution is 7.86. The summed E-state index contributed by atoms with van der Waals surface area (Å²) in [4.78, 5) is 25.5. The van der Waals surface area contributed by atoms with Gasteiger partial charge in [0.15, 0.2) is 6.04 Å². The van der Waals surface area contributed by atoms with Gasteiger partial charge in [-0.3, -0.25) is 9.08 Å². The molecule has 152 valence electrons. The maximum atomic E-state index is 12.3. The van der Waals surface area contributed by atoms with E-state index in [4.69, 9.17) is 13.7 Å². The third kappa shape index (κ3) is 3.96. The van der Waals surface area contributed by atoms with Crippen LogP contribution in [0, 0.1) is 6.92 Å². The predicted molar refractivity (Wildman–Crippen MR) is 100 cm³/mol. The first-order chi connectivity index (χ1) is 13.9. The van der Waals surface area contributed by atoms with E-state index in [1.165, 1.54) is 17.0 Å². The molecule has 2 aliphatic rings. The fourth-order valence-electron chi connectivity index (χ4n) is 3.26. The van der Waals surface area contributed by atoms with Crippen LogP contribution in [0.3, 0.4) is 0 Å². The number of aryl methyl sites for hydroxylation is 1. The lowest BCUT2D eigenvalue weighted by Gasteiger charge is -2.16. The van der Waals surface area contributed by atoms with Crippen molar-refractivity contribution in [3.63, 3.8) is 0 Å². The van der Waals surface area contributed by atoms with Crippen LogP contribution in [-0.2, 0) is 35.2 Å². The van der Waals surface area contributed by atoms with Crippen molar-refractivity contribution in [1.82, 2.24) is 4.90 Å². The molecule has 2 aromatic rings. The Morgan fingerprint density at radius 1 is 1.10 bits per heavy atom. The van der Waals surface area contributed by atoms with Gasteiger partial charge in [-0.05, 0) is 24.6 Å². The van der Waals surface area contributed by atoms with E-state index >= 15 is 0 Å². The summed E-state index contributed by atoms with van der Waals surface area (Å²) < 4.78 is 40.0. The topological polar surface area (TPSA) is 99.0 Å². The Morgan fingerprint density at radius 2 is 1.79 bits per heavy atom. The number of morpholine rings is 1. The number of rotatable bonds is 6. The average Bonchev–Trinajstić information content (AvgIpc) is 3.38. The highest BCUT2D eigenvalue weighted by Gasteiger charge is 2.67. The summed E-state index contributed by atoms with van der Waals surface area (Å²) >= 11 is 0. The number of benzene rings is 2. The first-order valence-electron chi connectivity index (χ1n) is 9.02. The minimum atomic E-state index is -4.00. The zero-order valence-electron chi connectivity index (χ0n) is 15.6. The predicted octanol–water partition coefficient (Wildman–Crippen LogP) is 2.02. The molecule has 2 aromatic carbocycles. The van der Waals surface area contributed by atoms with Gasteiger partial charge in [0, 0.05) is 0 Å². The molecule has 0 saturated carbocycles. The average molecular weight is 417 g/mol. The lowest BCUT2D eigenvalue weighted by molar-refractivity contribution is -0.147. The second-order valence-electron chi connectivity index (χ2n) is 6.91. The third-order valence-corrected chi connectivity index (χ3v) is 6.15. The molecule has 3 atom stereocenters. The Bertz CT molecular complexity index is 1020. The number of hydrogen-bond donors (Lipinski definition) is 0. The molecule has 2 fully saturated rings. The fraction of sp³-hybridized carbons (Fsp3) is 0.300. The van der Waals surface area contributed by atoms with Crippen molar-refractivity contribution in [2.75, 3.05) is 6.61 Å². The maximum absolute atomic E-state index is 12.3. The molecule has 2 saturated heterocycles. The molecule has 0 bridgehead atoms. The number of fused-ring (bicyclic) bond motifs is 1. The number of esters is 1. The molecule has 0 spiro atoms. The van der Waals surface area contributed by atoms with E-state index in [1.807, 2.05) is 37.3 Å². The number of nitrogens with zero attached hydrogens (tertiary/aromatic N) is 1. The van der Waals surface area contributed by atoms with Crippen molar-refractivity contribution in [3.8, 4) is 0 Å². The van der Waals surface area contributed by atoms with E-state index in [2.05, 4.69) is 0 Å². The lowest BCUT2D eigenvalue weighted by Crippen LogP contribution is -2.32. The monoisotopic (exact) mass is 417 g/mol. The van der Waals surface area contributed by atoms with E-state index in [0.717, 1.165) is 11.1 Å². The van der Waals surface area contributed by atoms with Crippen LogP contribution in [0.1, 0.15) is 11.1 Å². The zero-order chi connectivity index (χ0) is 20.6. The Hall–Kier alpha value is -2.91. The van der Waals surface area contributed by atoms with Gasteiger partial charge in [0.1, 0.15) is 25.4 Å². The molecule has 0 unspecified atom stereocenters. The first-order valence-corrected chi connectivity index (χ1v) is 10.4. The number of amides is 1. The van der Waals surface area contributed by atoms with Crippen LogP contribution in [0.5, 0.6) is 0 Å². The SMILES string of the molecule is Cc1ccc(S(=O)(=O)OC[C@H]2OC(=O)[C@H]3[C@@H]2N3C(=O)OCc2ccccc2)cc1. The zero-order valence-corrected chi connectivity index (χ0v) is 16.4. The molecule has 1 amide bonds. The summed E-state index contributed by atoms with van der Waals surface area (Å²) in [5, 5.41) is 0. The van der Waals surface area contributed by atoms with Gasteiger partial charge in [-0.25, -0.2) is 9.59 Å². The Balaban J connectivity index is 1.35. The van der Waals surface area contributed by atoms with Crippen LogP contribution in [-0.4, -0.2) is 50.2 Å². The van der Waals surface area contributed by atoms with Crippen LogP contribution in [0.15, 0.2) is 59.5 Å². The van der Waals surface area contributed by atoms with Gasteiger partial charge in [-0.15, -0.1) is 0 Å². The van der Waals surface area contributed by atoms with E-state index < -0.39 is 40.4 Å². The summed E-state index contributed by atoms with van der Waals surface area (Å²) in [5.41, 5.74) is 1.73. The number of ether oxygens (including phenoxy) is 2. The van der Waals surface area contributed by atoms with Gasteiger partial charge >= 0.3 is 12.1 Å². The Morgan fingerprint density at radius 3 is 2.48 bits per heavy atom. The molecular formula is C20H19NO7S. The third-order valence-electron chi connectivity index (χ3n) is 4.86. The quantitative estimate of drug-likeness (QED) is 0.403. The number of carbonyl (C=O) groups is 2. The van der Waals surface area contributed by atoms with Gasteiger partial charge in [-0.1, -0.05) is 48.0 Å². The lowest BCUT2D eigenvalue weighted by atomic mass is 10.2. The normalized spacial score (nSPS) is 22.7. The molecule has 8 nitrogen and oxygen atoms in total. The van der Waals surface area contributed by atoms with E-state index in [0.29, 0.717) is 0 Å². The molecule has 29 heavy (non-hydrogen) atoms. The van der Waals surface area contributed by atoms with Crippen molar-refractivity contribution >= 4 is 22.2 Å². The van der Waals surface area contributed by atoms with E-state index in [-0.39, 0.29) is 18.1 Å². The molecule has 2 heterocycles. The van der Waals surface area contributed by atoms with E-state index in [1.54, 1.807) is 12.1 Å². The highest BCUT2D eigenvalue weighted by Crippen LogP contribution is 2.40. The minimum absolute atomic E-state index is 0.0129. The fourth-order valence-corrected chi connectivity index (χ4v) is 4.18. The van der Waals surface area contributed by atoms with Gasteiger partial charge in [0.2, 0.25) is 0 Å². The van der Waals surface area contributed by atoms with Gasteiger partial charge < -0.3 is 9.47 Å². The Kier molecular flexibility index (Phi) is 5.01. The molecule has 0 aromatic heterocycles. The highest BCUT2D eigenvalue weighted by atomic mass is 32.2. The van der Waals surface area contributed by atoms with Crippen LogP contribution < -0.4 is 0 Å². The molecule has 0 aliphatic carbocycles. The maximum Gasteiger partial charge on any atom is 0.411 e. The van der Waals surface area contributed by atoms with Crippen LogP contribution in [0.25, 0.3) is 0 Å². The van der Waals surface area contributed by atoms with Crippen molar-refractivity contribution in [2.45, 2.75) is 36.6 Å². The van der Waals surface area contributed by atoms with Crippen molar-refractivity contribution in [3.05, 3.63) is 65.7 Å². The molecular weight excluding hydrogens is 398 g/mol. The van der Waals surface area contributed by atoms with Gasteiger partial charge in [0.25, 0.3) is 10.1 Å². The summed E-state index contributed by atoms with van der Waals surface area (Å²) in [7, 11) is -4.00. The van der Waals surface area contributed by atoms with Crippen LogP contribution >= 0.6 is 0 Å². The summed E-state index contributed by atoms with van der Waals surface area (Å²) in [6.07, 6.45) is -1.51. The molecule has 0 radical (unpaired) electrons. The summed E-state index contributed by atoms with van der Waals surface area (Å²) in [6, 6.07) is 14.0. The van der Waals surface area contributed by atoms with E-state index in [9.17, 15) is 18.0 Å². The summed E-state index contributed by atoms with van der Waals surface area (Å²) in [6.45, 7) is 1.55. The van der Waals surface area contributed by atoms with Crippen LogP contribution in [0.4, 0.5) is 4.79 Å². The summed E-state index contributed by atoms with van der Waals surface area (Å²) in [5.74, 6) is -0.590. The number of carbonyl (C=O) groups excluding carboxylic acids is 2. The van der Waals surface area contributed by atoms with Crippen molar-refractivity contribution < 1.29 is 31.7 Å². The second kappa shape index (κ2) is 7.49. The van der Waals surface area contributed by atoms with Crippen molar-refractivity contribution in [1.29, 1.82) is 0 Å². The molecule has 2 aliphatic heterocycles. The molecule has 4 rings (SSSR count). The second-order valence-corrected chi connectivity index (χ2v) is 8.53. The van der Waals surface area contributed by atoms with Gasteiger partial charge in [0.05, 0.1) is 4.90 Å². The molecule has 0 N–H and O–H groups in total. The Labute approximate surface area is 168 Å². The van der Waals surface area contributed by atoms with Gasteiger partial charge in [-0.2, -0.15) is 8.42 Å².